The Balaban J connectivity index is -0.0000000800. The molecule has 6 heteroatoms. The molecular weight excluding hydrogens is 311 g/mol. The van der Waals surface area contributed by atoms with Crippen LogP contribution >= 0.6 is 0 Å². The Kier molecular flexibility index (Phi) is 14.1. The van der Waals surface area contributed by atoms with E-state index in [9.17, 15) is 9.59 Å². The van der Waals surface area contributed by atoms with Crippen LogP contribution in [-0.4, -0.2) is 22.2 Å². The zero-order valence-electron chi connectivity index (χ0n) is 10.3. The molecule has 0 aromatic carbocycles. The monoisotopic (exact) mass is 330 g/mol. The quantitative estimate of drug-likeness (QED) is 0.668. The van der Waals surface area contributed by atoms with Gasteiger partial charge in [0.1, 0.15) is 0 Å². The molecule has 0 aromatic heterocycles. The van der Waals surface area contributed by atoms with Gasteiger partial charge in [-0.2, -0.15) is 0 Å². The second-order valence-electron chi connectivity index (χ2n) is 5.11. The van der Waals surface area contributed by atoms with E-state index in [1.165, 1.54) is 0 Å². The third-order valence-corrected chi connectivity index (χ3v) is 1.28. The van der Waals surface area contributed by atoms with Gasteiger partial charge in [0.25, 0.3) is 0 Å². The molecule has 0 atom stereocenters. The van der Waals surface area contributed by atoms with E-state index in [0.29, 0.717) is 0 Å². The van der Waals surface area contributed by atoms with Gasteiger partial charge in [0.15, 0.2) is 0 Å². The standard InChI is InChI=1S/2C5H10O2.2Cu/c2*1-5(2,3)4(6)7;;/h2*1-3H3,(H,6,7);;. The Hall–Kier alpha value is -0.0210. The van der Waals surface area contributed by atoms with Gasteiger partial charge in [0.2, 0.25) is 0 Å². The van der Waals surface area contributed by atoms with Crippen LogP contribution in [0.15, 0.2) is 0 Å². The van der Waals surface area contributed by atoms with Gasteiger partial charge < -0.3 is 10.2 Å². The molecule has 0 unspecified atom stereocenters. The van der Waals surface area contributed by atoms with Crippen LogP contribution < -0.4 is 0 Å². The van der Waals surface area contributed by atoms with Crippen molar-refractivity contribution in [3.05, 3.63) is 0 Å². The molecule has 16 heavy (non-hydrogen) atoms. The summed E-state index contributed by atoms with van der Waals surface area (Å²) in [4.78, 5) is 20.0. The van der Waals surface area contributed by atoms with Gasteiger partial charge in [-0.05, 0) is 41.5 Å². The van der Waals surface area contributed by atoms with Crippen LogP contribution in [0.5, 0.6) is 0 Å². The summed E-state index contributed by atoms with van der Waals surface area (Å²) in [5.74, 6) is -1.51. The number of hydrogen-bond acceptors (Lipinski definition) is 2. The summed E-state index contributed by atoms with van der Waals surface area (Å²) in [5, 5.41) is 16.5. The van der Waals surface area contributed by atoms with Crippen molar-refractivity contribution in [3.63, 3.8) is 0 Å². The number of rotatable bonds is 0. The molecule has 0 bridgehead atoms. The van der Waals surface area contributed by atoms with Crippen LogP contribution in [0, 0.1) is 10.8 Å². The van der Waals surface area contributed by atoms with E-state index in [2.05, 4.69) is 0 Å². The topological polar surface area (TPSA) is 74.6 Å². The minimum absolute atomic E-state index is 0. The van der Waals surface area contributed by atoms with Crippen molar-refractivity contribution < 1.29 is 53.9 Å². The fourth-order valence-electron chi connectivity index (χ4n) is 0. The summed E-state index contributed by atoms with van der Waals surface area (Å²) in [6, 6.07) is 0. The molecule has 0 heterocycles. The van der Waals surface area contributed by atoms with Crippen LogP contribution in [0.3, 0.4) is 0 Å². The summed E-state index contributed by atoms with van der Waals surface area (Å²) in [6.07, 6.45) is 0. The molecule has 0 amide bonds. The maximum atomic E-state index is 10.0. The van der Waals surface area contributed by atoms with Crippen LogP contribution in [0.1, 0.15) is 41.5 Å². The smallest absolute Gasteiger partial charge is 0.308 e. The largest absolute Gasteiger partial charge is 0.481 e. The molecule has 0 aliphatic rings. The van der Waals surface area contributed by atoms with Gasteiger partial charge >= 0.3 is 11.9 Å². The van der Waals surface area contributed by atoms with Crippen molar-refractivity contribution >= 4 is 11.9 Å². The molecular formula is C10H20Cu2O4. The normalized spacial score (nSPS) is 9.88. The predicted molar refractivity (Wildman–Crippen MR) is 54.2 cm³/mol. The van der Waals surface area contributed by atoms with Crippen molar-refractivity contribution in [1.29, 1.82) is 0 Å². The number of carbonyl (C=O) groups is 2. The fourth-order valence-corrected chi connectivity index (χ4v) is 0. The van der Waals surface area contributed by atoms with Crippen LogP contribution in [0.4, 0.5) is 0 Å². The first-order valence-corrected chi connectivity index (χ1v) is 4.36. The Labute approximate surface area is 118 Å². The Morgan fingerprint density at radius 3 is 0.750 bits per heavy atom. The van der Waals surface area contributed by atoms with Crippen molar-refractivity contribution in [3.8, 4) is 0 Å². The molecule has 4 nitrogen and oxygen atoms in total. The summed E-state index contributed by atoms with van der Waals surface area (Å²) < 4.78 is 0. The first-order chi connectivity index (χ1) is 5.89. The Morgan fingerprint density at radius 2 is 0.750 bits per heavy atom. The molecule has 0 aliphatic carbocycles. The van der Waals surface area contributed by atoms with Crippen LogP contribution in [0.25, 0.3) is 0 Å². The third kappa shape index (κ3) is 16.4. The van der Waals surface area contributed by atoms with Gasteiger partial charge in [-0.15, -0.1) is 0 Å². The minimum atomic E-state index is -0.757. The molecule has 0 fully saturated rings. The van der Waals surface area contributed by atoms with Crippen molar-refractivity contribution in [1.82, 2.24) is 0 Å². The predicted octanol–water partition coefficient (Wildman–Crippen LogP) is 2.23. The van der Waals surface area contributed by atoms with E-state index in [-0.39, 0.29) is 34.1 Å². The van der Waals surface area contributed by atoms with Gasteiger partial charge in [-0.1, -0.05) is 0 Å². The third-order valence-electron chi connectivity index (χ3n) is 1.28. The summed E-state index contributed by atoms with van der Waals surface area (Å²) in [7, 11) is 0. The van der Waals surface area contributed by atoms with Crippen molar-refractivity contribution in [2.45, 2.75) is 41.5 Å². The van der Waals surface area contributed by atoms with Gasteiger partial charge in [0.05, 0.1) is 10.8 Å². The fraction of sp³-hybridized carbons (Fsp3) is 0.800. The number of carboxylic acid groups (broad SMARTS) is 2. The molecule has 0 aromatic rings. The number of hydrogen-bond donors (Lipinski definition) is 2. The molecule has 0 saturated heterocycles. The first kappa shape index (κ1) is 25.0. The van der Waals surface area contributed by atoms with Crippen LogP contribution in [0.2, 0.25) is 0 Å². The van der Waals surface area contributed by atoms with Crippen molar-refractivity contribution in [2.24, 2.45) is 10.8 Å². The first-order valence-electron chi connectivity index (χ1n) is 4.36. The summed E-state index contributed by atoms with van der Waals surface area (Å²) in [5.41, 5.74) is -1.17. The zero-order valence-corrected chi connectivity index (χ0v) is 12.2. The molecule has 2 N–H and O–H groups in total. The van der Waals surface area contributed by atoms with Crippen LogP contribution in [-0.2, 0) is 43.7 Å². The van der Waals surface area contributed by atoms with E-state index in [4.69, 9.17) is 10.2 Å². The minimum Gasteiger partial charge on any atom is -0.481 e. The second kappa shape index (κ2) is 9.06. The maximum Gasteiger partial charge on any atom is 0.308 e. The summed E-state index contributed by atoms with van der Waals surface area (Å²) in [6.45, 7) is 9.97. The average Bonchev–Trinajstić information content (AvgIpc) is 1.83. The van der Waals surface area contributed by atoms with E-state index in [1.54, 1.807) is 41.5 Å². The van der Waals surface area contributed by atoms with Gasteiger partial charge in [-0.25, -0.2) is 0 Å². The summed E-state index contributed by atoms with van der Waals surface area (Å²) >= 11 is 0. The van der Waals surface area contributed by atoms with E-state index in [1.807, 2.05) is 0 Å². The van der Waals surface area contributed by atoms with Gasteiger partial charge in [0, 0.05) is 34.1 Å². The SMILES string of the molecule is CC(C)(C)C(=O)O.CC(C)(C)C(=O)O.[Cu].[Cu]. The maximum absolute atomic E-state index is 10.0. The van der Waals surface area contributed by atoms with E-state index in [0.717, 1.165) is 0 Å². The average molecular weight is 331 g/mol. The molecule has 0 saturated carbocycles. The molecule has 0 spiro atoms. The van der Waals surface area contributed by atoms with E-state index < -0.39 is 22.8 Å². The Morgan fingerprint density at radius 1 is 0.688 bits per heavy atom. The molecule has 0 rings (SSSR count). The second-order valence-corrected chi connectivity index (χ2v) is 5.11. The van der Waals surface area contributed by atoms with E-state index >= 15 is 0 Å². The molecule has 106 valence electrons. The molecule has 0 aliphatic heterocycles. The Bertz CT molecular complexity index is 190. The zero-order chi connectivity index (χ0) is 12.2. The molecule has 2 radical (unpaired) electrons. The number of carboxylic acids is 2. The number of aliphatic carboxylic acids is 2. The van der Waals surface area contributed by atoms with Crippen molar-refractivity contribution in [2.75, 3.05) is 0 Å². The van der Waals surface area contributed by atoms with Gasteiger partial charge in [-0.3, -0.25) is 9.59 Å².